The third-order valence-electron chi connectivity index (χ3n) is 7.73. The first-order valence-electron chi connectivity index (χ1n) is 12.3. The van der Waals surface area contributed by atoms with Gasteiger partial charge in [-0.1, -0.05) is 94.4 Å². The summed E-state index contributed by atoms with van der Waals surface area (Å²) in [6, 6.07) is 21.6. The molecule has 2 heterocycles. The Morgan fingerprint density at radius 2 is 1.55 bits per heavy atom. The summed E-state index contributed by atoms with van der Waals surface area (Å²) in [5, 5.41) is 2.52. The van der Waals surface area contributed by atoms with Gasteiger partial charge in [0.15, 0.2) is 5.79 Å². The fraction of sp³-hybridized carbons (Fsp3) is 0.517. The van der Waals surface area contributed by atoms with Gasteiger partial charge in [-0.2, -0.15) is 0 Å². The molecule has 0 N–H and O–H groups in total. The van der Waals surface area contributed by atoms with E-state index in [1.807, 2.05) is 6.08 Å². The highest BCUT2D eigenvalue weighted by atomic mass is 28.4. The van der Waals surface area contributed by atoms with E-state index in [1.54, 1.807) is 0 Å². The van der Waals surface area contributed by atoms with Gasteiger partial charge in [-0.15, -0.1) is 6.58 Å². The van der Waals surface area contributed by atoms with Gasteiger partial charge in [0.05, 0.1) is 18.3 Å². The highest BCUT2D eigenvalue weighted by molar-refractivity contribution is 6.99. The Kier molecular flexibility index (Phi) is 6.51. The standard InChI is InChI=1S/C29H40O3Si/c1-8-25-22(2)29(20-19-28(6,7)32-29)31-26(25)21-30-33(27(3,4)5,23-15-11-9-12-16-23)24-17-13-10-14-18-24/h8-18,22,25-26H,1,19-21H2,2-7H3/t22-,25-,26-,29+/m0/s1. The van der Waals surface area contributed by atoms with Crippen molar-refractivity contribution < 1.29 is 13.9 Å². The smallest absolute Gasteiger partial charge is 0.261 e. The van der Waals surface area contributed by atoms with Crippen molar-refractivity contribution in [2.24, 2.45) is 11.8 Å². The van der Waals surface area contributed by atoms with Crippen LogP contribution in [0.3, 0.4) is 0 Å². The molecular formula is C29H40O3Si. The first-order valence-corrected chi connectivity index (χ1v) is 14.2. The quantitative estimate of drug-likeness (QED) is 0.406. The van der Waals surface area contributed by atoms with Crippen molar-refractivity contribution in [1.29, 1.82) is 0 Å². The molecular weight excluding hydrogens is 424 g/mol. The summed E-state index contributed by atoms with van der Waals surface area (Å²) in [4.78, 5) is 0. The summed E-state index contributed by atoms with van der Waals surface area (Å²) in [6.45, 7) is 18.2. The Balaban J connectivity index is 1.70. The van der Waals surface area contributed by atoms with Crippen molar-refractivity contribution in [2.45, 2.75) is 76.9 Å². The van der Waals surface area contributed by atoms with Crippen LogP contribution in [0.1, 0.15) is 54.4 Å². The minimum atomic E-state index is -2.62. The van der Waals surface area contributed by atoms with Gasteiger partial charge >= 0.3 is 0 Å². The molecule has 0 amide bonds. The minimum absolute atomic E-state index is 0.0624. The van der Waals surface area contributed by atoms with Crippen molar-refractivity contribution >= 4 is 18.7 Å². The molecule has 2 aliphatic heterocycles. The maximum Gasteiger partial charge on any atom is 0.261 e. The maximum absolute atomic E-state index is 7.20. The normalized spacial score (nSPS) is 29.5. The number of benzene rings is 2. The molecule has 2 aromatic rings. The van der Waals surface area contributed by atoms with E-state index in [1.165, 1.54) is 10.4 Å². The topological polar surface area (TPSA) is 27.7 Å². The summed E-state index contributed by atoms with van der Waals surface area (Å²) in [5.41, 5.74) is -0.159. The van der Waals surface area contributed by atoms with Crippen molar-refractivity contribution in [1.82, 2.24) is 0 Å². The first kappa shape index (κ1) is 24.4. The molecule has 0 unspecified atom stereocenters. The molecule has 2 fully saturated rings. The van der Waals surface area contributed by atoms with E-state index in [0.717, 1.165) is 12.8 Å². The van der Waals surface area contributed by atoms with Crippen LogP contribution in [0, 0.1) is 11.8 Å². The van der Waals surface area contributed by atoms with Gasteiger partial charge in [0.2, 0.25) is 0 Å². The van der Waals surface area contributed by atoms with Crippen molar-refractivity contribution in [2.75, 3.05) is 6.61 Å². The lowest BCUT2D eigenvalue weighted by Crippen LogP contribution is -2.67. The number of ether oxygens (including phenoxy) is 2. The molecule has 0 radical (unpaired) electrons. The molecule has 2 aliphatic rings. The lowest BCUT2D eigenvalue weighted by molar-refractivity contribution is -0.252. The van der Waals surface area contributed by atoms with E-state index in [9.17, 15) is 0 Å². The van der Waals surface area contributed by atoms with Crippen LogP contribution in [0.25, 0.3) is 0 Å². The third kappa shape index (κ3) is 4.27. The molecule has 178 valence electrons. The highest BCUT2D eigenvalue weighted by Gasteiger charge is 2.59. The Morgan fingerprint density at radius 1 is 1.00 bits per heavy atom. The van der Waals surface area contributed by atoms with E-state index >= 15 is 0 Å². The molecule has 3 nitrogen and oxygen atoms in total. The second-order valence-corrected chi connectivity index (χ2v) is 15.7. The SMILES string of the molecule is C=C[C@@H]1[C@H](CO[Si](c2ccccc2)(c2ccccc2)C(C)(C)C)O[C@@]2(CCC(C)(C)O2)[C@H]1C. The van der Waals surface area contributed by atoms with E-state index < -0.39 is 14.1 Å². The van der Waals surface area contributed by atoms with Gasteiger partial charge in [-0.05, 0) is 35.7 Å². The fourth-order valence-electron chi connectivity index (χ4n) is 5.98. The lowest BCUT2D eigenvalue weighted by atomic mass is 9.85. The van der Waals surface area contributed by atoms with Crippen molar-refractivity contribution in [3.05, 3.63) is 73.3 Å². The molecule has 0 aliphatic carbocycles. The molecule has 4 rings (SSSR count). The second-order valence-electron chi connectivity index (χ2n) is 11.4. The van der Waals surface area contributed by atoms with Crippen LogP contribution in [0.5, 0.6) is 0 Å². The molecule has 0 saturated carbocycles. The van der Waals surface area contributed by atoms with E-state index in [4.69, 9.17) is 13.9 Å². The average Bonchev–Trinajstić information content (AvgIpc) is 3.23. The fourth-order valence-corrected chi connectivity index (χ4v) is 10.5. The van der Waals surface area contributed by atoms with Gasteiger partial charge in [0, 0.05) is 18.3 Å². The lowest BCUT2D eigenvalue weighted by Gasteiger charge is -2.43. The molecule has 0 bridgehead atoms. The second kappa shape index (κ2) is 8.81. The highest BCUT2D eigenvalue weighted by Crippen LogP contribution is 2.52. The van der Waals surface area contributed by atoms with Gasteiger partial charge in [0.25, 0.3) is 8.32 Å². The molecule has 4 atom stereocenters. The van der Waals surface area contributed by atoms with Crippen molar-refractivity contribution in [3.8, 4) is 0 Å². The van der Waals surface area contributed by atoms with Crippen LogP contribution < -0.4 is 10.4 Å². The van der Waals surface area contributed by atoms with E-state index in [2.05, 4.69) is 109 Å². The Labute approximate surface area is 201 Å². The zero-order chi connectivity index (χ0) is 23.9. The van der Waals surface area contributed by atoms with Gasteiger partial charge in [-0.25, -0.2) is 0 Å². The predicted molar refractivity (Wildman–Crippen MR) is 138 cm³/mol. The van der Waals surface area contributed by atoms with E-state index in [-0.39, 0.29) is 28.6 Å². The van der Waals surface area contributed by atoms with Crippen LogP contribution in [-0.4, -0.2) is 32.4 Å². The van der Waals surface area contributed by atoms with Gasteiger partial charge in [0.1, 0.15) is 0 Å². The number of hydrogen-bond donors (Lipinski definition) is 0. The molecule has 2 aromatic carbocycles. The van der Waals surface area contributed by atoms with Gasteiger partial charge < -0.3 is 13.9 Å². The van der Waals surface area contributed by atoms with Gasteiger partial charge in [-0.3, -0.25) is 0 Å². The van der Waals surface area contributed by atoms with Crippen molar-refractivity contribution in [3.63, 3.8) is 0 Å². The average molecular weight is 465 g/mol. The van der Waals surface area contributed by atoms with Crippen LogP contribution in [0.4, 0.5) is 0 Å². The molecule has 33 heavy (non-hydrogen) atoms. The number of rotatable bonds is 6. The minimum Gasteiger partial charge on any atom is -0.405 e. The summed E-state index contributed by atoms with van der Waals surface area (Å²) in [5.74, 6) is -0.108. The summed E-state index contributed by atoms with van der Waals surface area (Å²) < 4.78 is 20.5. The van der Waals surface area contributed by atoms with E-state index in [0.29, 0.717) is 6.61 Å². The first-order chi connectivity index (χ1) is 15.5. The largest absolute Gasteiger partial charge is 0.405 e. The maximum atomic E-state index is 7.20. The zero-order valence-corrected chi connectivity index (χ0v) is 22.1. The molecule has 0 aromatic heterocycles. The third-order valence-corrected chi connectivity index (χ3v) is 12.7. The summed E-state index contributed by atoms with van der Waals surface area (Å²) in [7, 11) is -2.62. The summed E-state index contributed by atoms with van der Waals surface area (Å²) in [6.07, 6.45) is 3.89. The summed E-state index contributed by atoms with van der Waals surface area (Å²) >= 11 is 0. The van der Waals surface area contributed by atoms with Crippen LogP contribution >= 0.6 is 0 Å². The predicted octanol–water partition coefficient (Wildman–Crippen LogP) is 5.69. The van der Waals surface area contributed by atoms with Crippen LogP contribution in [-0.2, 0) is 13.9 Å². The Morgan fingerprint density at radius 3 is 1.97 bits per heavy atom. The Bertz CT molecular complexity index is 910. The van der Waals surface area contributed by atoms with Crippen LogP contribution in [0.2, 0.25) is 5.04 Å². The molecule has 1 spiro atoms. The van der Waals surface area contributed by atoms with Crippen LogP contribution in [0.15, 0.2) is 73.3 Å². The number of hydrogen-bond acceptors (Lipinski definition) is 3. The Hall–Kier alpha value is -1.72. The zero-order valence-electron chi connectivity index (χ0n) is 21.1. The molecule has 2 saturated heterocycles. The monoisotopic (exact) mass is 464 g/mol. The molecule has 4 heteroatoms.